The second-order valence-corrected chi connectivity index (χ2v) is 3.66. The Bertz CT molecular complexity index is 548. The Hall–Kier alpha value is -2.63. The van der Waals surface area contributed by atoms with Gasteiger partial charge in [-0.1, -0.05) is 12.1 Å². The van der Waals surface area contributed by atoms with Gasteiger partial charge in [-0.2, -0.15) is 9.98 Å². The number of Topliss-reactive ketones (excluding diaryl/α,β-unsaturated/α-hetero) is 1. The van der Waals surface area contributed by atoms with Gasteiger partial charge >= 0.3 is 6.03 Å². The molecule has 98 valence electrons. The predicted molar refractivity (Wildman–Crippen MR) is 73.1 cm³/mol. The summed E-state index contributed by atoms with van der Waals surface area (Å²) in [6.07, 6.45) is 2.73. The van der Waals surface area contributed by atoms with Crippen LogP contribution in [0.2, 0.25) is 0 Å². The second kappa shape index (κ2) is 6.95. The van der Waals surface area contributed by atoms with Gasteiger partial charge < -0.3 is 5.32 Å². The molecule has 3 amide bonds. The maximum Gasteiger partial charge on any atom is 0.367 e. The molecule has 19 heavy (non-hydrogen) atoms. The van der Waals surface area contributed by atoms with Crippen LogP contribution < -0.4 is 5.32 Å². The summed E-state index contributed by atoms with van der Waals surface area (Å²) in [6, 6.07) is 6.45. The number of ketones is 1. The summed E-state index contributed by atoms with van der Waals surface area (Å²) >= 11 is 0. The number of nitrogens with zero attached hydrogens (tertiary/aromatic N) is 2. The first kappa shape index (κ1) is 14.4. The summed E-state index contributed by atoms with van der Waals surface area (Å²) in [4.78, 5) is 38.0. The highest BCUT2D eigenvalue weighted by Crippen LogP contribution is 2.10. The minimum atomic E-state index is -0.407. The Morgan fingerprint density at radius 3 is 2.16 bits per heavy atom. The molecule has 0 aliphatic carbocycles. The number of benzene rings is 1. The van der Waals surface area contributed by atoms with E-state index in [0.717, 1.165) is 0 Å². The average molecular weight is 259 g/mol. The molecule has 0 aromatic heterocycles. The Morgan fingerprint density at radius 2 is 1.74 bits per heavy atom. The molecule has 0 radical (unpaired) electrons. The Labute approximate surface area is 110 Å². The van der Waals surface area contributed by atoms with E-state index in [2.05, 4.69) is 15.3 Å². The number of urea groups is 1. The Balaban J connectivity index is 0.000000250. The monoisotopic (exact) mass is 259 g/mol. The van der Waals surface area contributed by atoms with Gasteiger partial charge in [0.15, 0.2) is 5.78 Å². The van der Waals surface area contributed by atoms with Crippen molar-refractivity contribution < 1.29 is 14.4 Å². The lowest BCUT2D eigenvalue weighted by molar-refractivity contribution is -0.114. The van der Waals surface area contributed by atoms with Gasteiger partial charge in [-0.05, 0) is 19.1 Å². The highest BCUT2D eigenvalue weighted by Gasteiger charge is 2.00. The third-order valence-corrected chi connectivity index (χ3v) is 2.03. The molecule has 0 spiro atoms. The summed E-state index contributed by atoms with van der Waals surface area (Å²) in [5.74, 6) is -0.145. The van der Waals surface area contributed by atoms with E-state index in [0.29, 0.717) is 11.3 Å². The first-order valence-corrected chi connectivity index (χ1v) is 5.48. The van der Waals surface area contributed by atoms with Crippen LogP contribution in [0.25, 0.3) is 0 Å². The minimum Gasteiger partial charge on any atom is -0.326 e. The zero-order chi connectivity index (χ0) is 14.3. The SMILES string of the molecule is CC(=O)Nc1cccc(C(C)=O)c1.O=C1N=CC=N1. The molecule has 2 rings (SSSR count). The normalized spacial score (nSPS) is 11.8. The molecule has 0 bridgehead atoms. The van der Waals surface area contributed by atoms with Crippen molar-refractivity contribution in [2.45, 2.75) is 13.8 Å². The second-order valence-electron chi connectivity index (χ2n) is 3.66. The third kappa shape index (κ3) is 5.49. The lowest BCUT2D eigenvalue weighted by Gasteiger charge is -2.02. The van der Waals surface area contributed by atoms with Crippen molar-refractivity contribution in [3.63, 3.8) is 0 Å². The Kier molecular flexibility index (Phi) is 5.28. The van der Waals surface area contributed by atoms with Crippen molar-refractivity contribution in [3.05, 3.63) is 29.8 Å². The molecule has 0 unspecified atom stereocenters. The van der Waals surface area contributed by atoms with Crippen LogP contribution in [0, 0.1) is 0 Å². The van der Waals surface area contributed by atoms with Crippen molar-refractivity contribution in [1.82, 2.24) is 0 Å². The number of hydrogen-bond donors (Lipinski definition) is 1. The summed E-state index contributed by atoms with van der Waals surface area (Å²) in [5, 5.41) is 2.61. The summed E-state index contributed by atoms with van der Waals surface area (Å²) < 4.78 is 0. The third-order valence-electron chi connectivity index (χ3n) is 2.03. The first-order valence-electron chi connectivity index (χ1n) is 5.48. The number of hydrogen-bond acceptors (Lipinski definition) is 3. The molecule has 0 fully saturated rings. The molecular formula is C13H13N3O3. The van der Waals surface area contributed by atoms with Crippen molar-refractivity contribution in [3.8, 4) is 0 Å². The number of nitrogens with one attached hydrogen (secondary N) is 1. The summed E-state index contributed by atoms with van der Waals surface area (Å²) in [6.45, 7) is 2.92. The first-order chi connectivity index (χ1) is 8.99. The van der Waals surface area contributed by atoms with Crippen LogP contribution in [-0.4, -0.2) is 30.2 Å². The van der Waals surface area contributed by atoms with Crippen molar-refractivity contribution >= 4 is 35.8 Å². The van der Waals surface area contributed by atoms with Crippen molar-refractivity contribution in [2.75, 3.05) is 5.32 Å². The highest BCUT2D eigenvalue weighted by atomic mass is 16.2. The van der Waals surface area contributed by atoms with Crippen molar-refractivity contribution in [2.24, 2.45) is 9.98 Å². The smallest absolute Gasteiger partial charge is 0.326 e. The minimum absolute atomic E-state index is 0.00722. The molecule has 6 heteroatoms. The molecular weight excluding hydrogens is 246 g/mol. The topological polar surface area (TPSA) is 88.0 Å². The summed E-state index contributed by atoms with van der Waals surface area (Å²) in [7, 11) is 0. The molecule has 0 atom stereocenters. The fraction of sp³-hybridized carbons (Fsp3) is 0.154. The fourth-order valence-corrected chi connectivity index (χ4v) is 1.25. The molecule has 6 nitrogen and oxygen atoms in total. The maximum absolute atomic E-state index is 11.0. The van der Waals surface area contributed by atoms with Gasteiger partial charge in [0.25, 0.3) is 0 Å². The van der Waals surface area contributed by atoms with E-state index >= 15 is 0 Å². The van der Waals surface area contributed by atoms with Gasteiger partial charge in [0.2, 0.25) is 5.91 Å². The van der Waals surface area contributed by atoms with Crippen LogP contribution in [0.5, 0.6) is 0 Å². The highest BCUT2D eigenvalue weighted by molar-refractivity contribution is 6.25. The number of aliphatic imine (C=N–C) groups is 2. The van der Waals surface area contributed by atoms with E-state index in [-0.39, 0.29) is 11.7 Å². The molecule has 0 saturated carbocycles. The van der Waals surface area contributed by atoms with Gasteiger partial charge in [0.05, 0.1) is 12.4 Å². The van der Waals surface area contributed by atoms with E-state index < -0.39 is 6.03 Å². The van der Waals surface area contributed by atoms with Gasteiger partial charge in [0.1, 0.15) is 0 Å². The molecule has 1 aliphatic rings. The zero-order valence-corrected chi connectivity index (χ0v) is 10.6. The van der Waals surface area contributed by atoms with Crippen LogP contribution in [0.15, 0.2) is 34.3 Å². The van der Waals surface area contributed by atoms with Crippen LogP contribution in [0.1, 0.15) is 24.2 Å². The van der Waals surface area contributed by atoms with E-state index in [1.165, 1.54) is 26.3 Å². The van der Waals surface area contributed by atoms with Gasteiger partial charge in [0, 0.05) is 18.2 Å². The maximum atomic E-state index is 11.0. The number of rotatable bonds is 2. The molecule has 1 aliphatic heterocycles. The molecule has 1 N–H and O–H groups in total. The Morgan fingerprint density at radius 1 is 1.11 bits per heavy atom. The largest absolute Gasteiger partial charge is 0.367 e. The lowest BCUT2D eigenvalue weighted by atomic mass is 10.1. The molecule has 1 heterocycles. The fourth-order valence-electron chi connectivity index (χ4n) is 1.25. The quantitative estimate of drug-likeness (QED) is 0.825. The van der Waals surface area contributed by atoms with Crippen LogP contribution in [0.4, 0.5) is 10.5 Å². The zero-order valence-electron chi connectivity index (χ0n) is 10.6. The number of amides is 3. The number of carbonyl (C=O) groups is 3. The molecule has 1 aromatic rings. The summed E-state index contributed by atoms with van der Waals surface area (Å²) in [5.41, 5.74) is 1.26. The lowest BCUT2D eigenvalue weighted by Crippen LogP contribution is -2.06. The van der Waals surface area contributed by atoms with E-state index in [1.54, 1.807) is 24.3 Å². The van der Waals surface area contributed by atoms with Gasteiger partial charge in [-0.25, -0.2) is 4.79 Å². The van der Waals surface area contributed by atoms with Crippen LogP contribution >= 0.6 is 0 Å². The van der Waals surface area contributed by atoms with E-state index in [1.807, 2.05) is 0 Å². The van der Waals surface area contributed by atoms with Crippen molar-refractivity contribution in [1.29, 1.82) is 0 Å². The predicted octanol–water partition coefficient (Wildman–Crippen LogP) is 2.11. The molecule has 1 aromatic carbocycles. The van der Waals surface area contributed by atoms with Crippen LogP contribution in [0.3, 0.4) is 0 Å². The average Bonchev–Trinajstić information content (AvgIpc) is 2.80. The molecule has 0 saturated heterocycles. The standard InChI is InChI=1S/C10H11NO2.C3H2N2O/c1-7(12)9-4-3-5-10(6-9)11-8(2)13;6-3-4-1-2-5-3/h3-6H,1-2H3,(H,11,13);1-2H. The number of anilines is 1. The van der Waals surface area contributed by atoms with E-state index in [9.17, 15) is 14.4 Å². The number of carbonyl (C=O) groups excluding carboxylic acids is 3. The van der Waals surface area contributed by atoms with Crippen LogP contribution in [-0.2, 0) is 4.79 Å². The van der Waals surface area contributed by atoms with E-state index in [4.69, 9.17) is 0 Å². The van der Waals surface area contributed by atoms with Gasteiger partial charge in [-0.3, -0.25) is 9.59 Å². The van der Waals surface area contributed by atoms with Gasteiger partial charge in [-0.15, -0.1) is 0 Å².